The van der Waals surface area contributed by atoms with Crippen LogP contribution in [0.25, 0.3) is 27.8 Å². The van der Waals surface area contributed by atoms with E-state index < -0.39 is 6.04 Å². The van der Waals surface area contributed by atoms with Crippen molar-refractivity contribution in [2.75, 3.05) is 11.1 Å². The van der Waals surface area contributed by atoms with Crippen LogP contribution in [0, 0.1) is 6.92 Å². The molecule has 2 aromatic carbocycles. The van der Waals surface area contributed by atoms with E-state index in [0.717, 1.165) is 5.56 Å². The molecule has 3 heterocycles. The first-order valence-corrected chi connectivity index (χ1v) is 9.97. The molecule has 0 radical (unpaired) electrons. The second-order valence-electron chi connectivity index (χ2n) is 7.50. The lowest BCUT2D eigenvalue weighted by Crippen LogP contribution is -2.28. The maximum absolute atomic E-state index is 13.6. The topological polar surface area (TPSA) is 148 Å². The molecule has 0 bridgehead atoms. The fourth-order valence-electron chi connectivity index (χ4n) is 3.81. The highest BCUT2D eigenvalue weighted by molar-refractivity contribution is 5.84. The Hall–Kier alpha value is -4.47. The van der Waals surface area contributed by atoms with Gasteiger partial charge in [-0.25, -0.2) is 9.97 Å². The third-order valence-electron chi connectivity index (χ3n) is 5.26. The Labute approximate surface area is 181 Å². The van der Waals surface area contributed by atoms with Crippen molar-refractivity contribution in [1.82, 2.24) is 29.5 Å². The number of phenolic OH excluding ortho intramolecular Hbond substituents is 1. The number of nitrogen functional groups attached to an aromatic ring is 1. The number of phenols is 1. The number of nitrogens with one attached hydrogen (secondary N) is 2. The maximum atomic E-state index is 13.6. The number of hydrogen-bond acceptors (Lipinski definition) is 8. The lowest BCUT2D eigenvalue weighted by atomic mass is 10.1. The minimum absolute atomic E-state index is 0.0487. The van der Waals surface area contributed by atoms with E-state index in [-0.39, 0.29) is 17.3 Å². The molecule has 160 valence electrons. The summed E-state index contributed by atoms with van der Waals surface area (Å²) in [5, 5.41) is 13.8. The van der Waals surface area contributed by atoms with E-state index in [9.17, 15) is 9.90 Å². The van der Waals surface area contributed by atoms with E-state index in [1.807, 2.05) is 26.0 Å². The highest BCUT2D eigenvalue weighted by Crippen LogP contribution is 2.26. The van der Waals surface area contributed by atoms with Crippen molar-refractivity contribution in [3.05, 3.63) is 70.5 Å². The zero-order valence-electron chi connectivity index (χ0n) is 17.4. The van der Waals surface area contributed by atoms with Gasteiger partial charge >= 0.3 is 0 Å². The van der Waals surface area contributed by atoms with Crippen molar-refractivity contribution >= 4 is 33.8 Å². The lowest BCUT2D eigenvalue weighted by molar-refractivity contribution is 0.475. The number of aromatic hydroxyl groups is 1. The first-order valence-electron chi connectivity index (χ1n) is 9.97. The zero-order chi connectivity index (χ0) is 22.4. The van der Waals surface area contributed by atoms with Crippen LogP contribution in [0.4, 0.5) is 11.8 Å². The van der Waals surface area contributed by atoms with Gasteiger partial charge in [0.2, 0.25) is 5.95 Å². The van der Waals surface area contributed by atoms with E-state index in [2.05, 4.69) is 25.3 Å². The van der Waals surface area contributed by atoms with Gasteiger partial charge in [0.05, 0.1) is 29.0 Å². The van der Waals surface area contributed by atoms with E-state index >= 15 is 0 Å². The van der Waals surface area contributed by atoms with Crippen LogP contribution < -0.4 is 16.6 Å². The Morgan fingerprint density at radius 2 is 1.97 bits per heavy atom. The Kier molecular flexibility index (Phi) is 4.47. The van der Waals surface area contributed by atoms with Crippen molar-refractivity contribution < 1.29 is 5.11 Å². The Balaban J connectivity index is 1.72. The van der Waals surface area contributed by atoms with Gasteiger partial charge in [-0.1, -0.05) is 18.2 Å². The monoisotopic (exact) mass is 428 g/mol. The van der Waals surface area contributed by atoms with E-state index in [1.54, 1.807) is 24.3 Å². The summed E-state index contributed by atoms with van der Waals surface area (Å²) in [6.45, 7) is 3.73. The van der Waals surface area contributed by atoms with E-state index in [1.165, 1.54) is 17.0 Å². The van der Waals surface area contributed by atoms with Crippen LogP contribution in [0.5, 0.6) is 5.75 Å². The predicted octanol–water partition coefficient (Wildman–Crippen LogP) is 2.82. The SMILES string of the molecule is Cc1cccc2nc(C(C)Nc3nc(N)nc4[nH]cnc34)n(-c3cccc(O)c3)c(=O)c12. The van der Waals surface area contributed by atoms with Crippen LogP contribution in [0.15, 0.2) is 53.6 Å². The number of nitrogens with zero attached hydrogens (tertiary/aromatic N) is 5. The largest absolute Gasteiger partial charge is 0.508 e. The van der Waals surface area contributed by atoms with Crippen LogP contribution in [0.1, 0.15) is 24.4 Å². The molecule has 32 heavy (non-hydrogen) atoms. The quantitative estimate of drug-likeness (QED) is 0.342. The zero-order valence-corrected chi connectivity index (χ0v) is 17.4. The molecule has 5 N–H and O–H groups in total. The highest BCUT2D eigenvalue weighted by atomic mass is 16.3. The first-order chi connectivity index (χ1) is 15.4. The molecule has 0 aliphatic rings. The normalized spacial score (nSPS) is 12.3. The molecular formula is C22H20N8O2. The molecule has 5 aromatic rings. The van der Waals surface area contributed by atoms with Crippen LogP contribution in [0.3, 0.4) is 0 Å². The summed E-state index contributed by atoms with van der Waals surface area (Å²) in [5.41, 5.74) is 8.55. The molecular weight excluding hydrogens is 408 g/mol. The van der Waals surface area contributed by atoms with Gasteiger partial charge in [-0.15, -0.1) is 0 Å². The Morgan fingerprint density at radius 3 is 2.78 bits per heavy atom. The molecule has 0 aliphatic carbocycles. The minimum Gasteiger partial charge on any atom is -0.508 e. The number of aromatic nitrogens is 6. The molecule has 1 atom stereocenters. The standard InChI is InChI=1S/C22H20N8O2/c1-11-5-3-8-15-16(11)21(32)30(13-6-4-7-14(31)9-13)20(27-15)12(2)26-19-17-18(25-10-24-17)28-22(23)29-19/h3-10,12,31H,1-2H3,(H4,23,24,25,26,28,29). The summed E-state index contributed by atoms with van der Waals surface area (Å²) >= 11 is 0. The van der Waals surface area contributed by atoms with Crippen LogP contribution in [-0.4, -0.2) is 34.6 Å². The summed E-state index contributed by atoms with van der Waals surface area (Å²) in [7, 11) is 0. The summed E-state index contributed by atoms with van der Waals surface area (Å²) in [5.74, 6) is 0.999. The van der Waals surface area contributed by atoms with Crippen molar-refractivity contribution in [2.24, 2.45) is 0 Å². The lowest BCUT2D eigenvalue weighted by Gasteiger charge is -2.20. The molecule has 3 aromatic heterocycles. The predicted molar refractivity (Wildman–Crippen MR) is 122 cm³/mol. The summed E-state index contributed by atoms with van der Waals surface area (Å²) in [6, 6.07) is 11.6. The molecule has 0 amide bonds. The molecule has 0 saturated heterocycles. The van der Waals surface area contributed by atoms with Gasteiger partial charge in [0, 0.05) is 6.07 Å². The van der Waals surface area contributed by atoms with Gasteiger partial charge in [-0.2, -0.15) is 9.97 Å². The van der Waals surface area contributed by atoms with Gasteiger partial charge in [-0.05, 0) is 37.6 Å². The fraction of sp³-hybridized carbons (Fsp3) is 0.136. The van der Waals surface area contributed by atoms with Gasteiger partial charge in [0.1, 0.15) is 17.1 Å². The number of nitrogens with two attached hydrogens (primary N) is 1. The molecule has 5 rings (SSSR count). The maximum Gasteiger partial charge on any atom is 0.266 e. The number of fused-ring (bicyclic) bond motifs is 2. The van der Waals surface area contributed by atoms with Gasteiger partial charge in [0.15, 0.2) is 11.5 Å². The van der Waals surface area contributed by atoms with Crippen molar-refractivity contribution in [2.45, 2.75) is 19.9 Å². The number of rotatable bonds is 4. The average molecular weight is 428 g/mol. The van der Waals surface area contributed by atoms with Crippen molar-refractivity contribution in [3.63, 3.8) is 0 Å². The number of aromatic amines is 1. The third-order valence-corrected chi connectivity index (χ3v) is 5.26. The average Bonchev–Trinajstić information content (AvgIpc) is 3.22. The van der Waals surface area contributed by atoms with Crippen LogP contribution >= 0.6 is 0 Å². The van der Waals surface area contributed by atoms with Crippen molar-refractivity contribution in [1.29, 1.82) is 0 Å². The Morgan fingerprint density at radius 1 is 1.16 bits per heavy atom. The molecule has 1 unspecified atom stereocenters. The number of imidazole rings is 1. The smallest absolute Gasteiger partial charge is 0.266 e. The van der Waals surface area contributed by atoms with Gasteiger partial charge in [0.25, 0.3) is 5.56 Å². The Bertz CT molecular complexity index is 1540. The van der Waals surface area contributed by atoms with Gasteiger partial charge < -0.3 is 21.1 Å². The van der Waals surface area contributed by atoms with Crippen LogP contribution in [-0.2, 0) is 0 Å². The van der Waals surface area contributed by atoms with Crippen molar-refractivity contribution in [3.8, 4) is 11.4 Å². The third kappa shape index (κ3) is 3.18. The summed E-state index contributed by atoms with van der Waals surface area (Å²) < 4.78 is 1.50. The number of hydrogen-bond donors (Lipinski definition) is 4. The van der Waals surface area contributed by atoms with E-state index in [4.69, 9.17) is 10.7 Å². The first kappa shape index (κ1) is 19.5. The fourth-order valence-corrected chi connectivity index (χ4v) is 3.81. The van der Waals surface area contributed by atoms with E-state index in [0.29, 0.717) is 39.4 Å². The summed E-state index contributed by atoms with van der Waals surface area (Å²) in [6.07, 6.45) is 1.51. The number of benzene rings is 2. The second-order valence-corrected chi connectivity index (χ2v) is 7.50. The second kappa shape index (κ2) is 7.34. The molecule has 10 heteroatoms. The summed E-state index contributed by atoms with van der Waals surface area (Å²) in [4.78, 5) is 34.0. The minimum atomic E-state index is -0.468. The van der Waals surface area contributed by atoms with Crippen LogP contribution in [0.2, 0.25) is 0 Å². The highest BCUT2D eigenvalue weighted by Gasteiger charge is 2.21. The molecule has 10 nitrogen and oxygen atoms in total. The molecule has 0 saturated carbocycles. The number of anilines is 2. The molecule has 0 fully saturated rings. The van der Waals surface area contributed by atoms with Gasteiger partial charge in [-0.3, -0.25) is 9.36 Å². The number of H-pyrrole nitrogens is 1. The molecule has 0 spiro atoms. The molecule has 0 aliphatic heterocycles. The number of aryl methyl sites for hydroxylation is 1.